The molecule has 4 rings (SSSR count). The Morgan fingerprint density at radius 1 is 1.10 bits per heavy atom. The fraction of sp³-hybridized carbons (Fsp3) is 0.500. The van der Waals surface area contributed by atoms with E-state index in [1.165, 1.54) is 6.42 Å². The van der Waals surface area contributed by atoms with E-state index < -0.39 is 12.0 Å². The number of amides is 3. The fourth-order valence-corrected chi connectivity index (χ4v) is 4.83. The minimum atomic E-state index is -0.721. The maximum Gasteiger partial charge on any atom is 0.328 e. The van der Waals surface area contributed by atoms with Gasteiger partial charge >= 0.3 is 12.0 Å². The van der Waals surface area contributed by atoms with Gasteiger partial charge in [-0.3, -0.25) is 4.79 Å². The van der Waals surface area contributed by atoms with Crippen LogP contribution in [0.15, 0.2) is 36.4 Å². The van der Waals surface area contributed by atoms with Crippen LogP contribution in [0.25, 0.3) is 0 Å². The number of likely N-dealkylation sites (tertiary alicyclic amines) is 1. The Labute approximate surface area is 170 Å². The van der Waals surface area contributed by atoms with Gasteiger partial charge in [-0.05, 0) is 68.2 Å². The molecule has 1 heterocycles. The van der Waals surface area contributed by atoms with E-state index in [0.717, 1.165) is 13.1 Å². The molecule has 154 valence electrons. The normalized spacial score (nSPS) is 27.4. The van der Waals surface area contributed by atoms with Crippen LogP contribution in [0.5, 0.6) is 0 Å². The van der Waals surface area contributed by atoms with E-state index in [-0.39, 0.29) is 18.5 Å². The third kappa shape index (κ3) is 3.86. The number of urea groups is 1. The second kappa shape index (κ2) is 7.89. The van der Waals surface area contributed by atoms with Gasteiger partial charge in [-0.1, -0.05) is 12.2 Å². The molecule has 3 amide bonds. The number of nitrogens with zero attached hydrogens (tertiary/aromatic N) is 1. The van der Waals surface area contributed by atoms with Gasteiger partial charge in [0.25, 0.3) is 5.91 Å². The maximum absolute atomic E-state index is 12.6. The molecule has 1 saturated heterocycles. The van der Waals surface area contributed by atoms with E-state index in [9.17, 15) is 14.4 Å². The predicted octanol–water partition coefficient (Wildman–Crippen LogP) is 2.65. The molecule has 3 aliphatic rings. The van der Waals surface area contributed by atoms with Gasteiger partial charge in [0.1, 0.15) is 6.04 Å². The van der Waals surface area contributed by atoms with Gasteiger partial charge < -0.3 is 20.3 Å². The van der Waals surface area contributed by atoms with Gasteiger partial charge in [-0.15, -0.1) is 0 Å². The van der Waals surface area contributed by atoms with E-state index in [1.807, 2.05) is 4.90 Å². The number of carbonyl (C=O) groups excluding carboxylic acids is 3. The number of rotatable bonds is 5. The molecule has 2 fully saturated rings. The van der Waals surface area contributed by atoms with Gasteiger partial charge in [0.05, 0.1) is 6.61 Å². The largest absolute Gasteiger partial charge is 0.464 e. The minimum Gasteiger partial charge on any atom is -0.464 e. The van der Waals surface area contributed by atoms with E-state index in [2.05, 4.69) is 22.8 Å². The molecule has 29 heavy (non-hydrogen) atoms. The highest BCUT2D eigenvalue weighted by Gasteiger charge is 2.50. The molecule has 0 aromatic heterocycles. The molecule has 1 aromatic rings. The molecule has 3 unspecified atom stereocenters. The summed E-state index contributed by atoms with van der Waals surface area (Å²) in [6.07, 6.45) is 5.89. The molecule has 7 nitrogen and oxygen atoms in total. The van der Waals surface area contributed by atoms with Crippen molar-refractivity contribution in [2.24, 2.45) is 23.7 Å². The molecular formula is C22H27N3O4. The van der Waals surface area contributed by atoms with E-state index in [4.69, 9.17) is 4.74 Å². The van der Waals surface area contributed by atoms with Gasteiger partial charge in [-0.25, -0.2) is 9.59 Å². The zero-order valence-electron chi connectivity index (χ0n) is 16.8. The summed E-state index contributed by atoms with van der Waals surface area (Å²) in [6, 6.07) is 5.85. The van der Waals surface area contributed by atoms with Crippen LogP contribution < -0.4 is 10.6 Å². The Morgan fingerprint density at radius 2 is 1.72 bits per heavy atom. The number of esters is 1. The summed E-state index contributed by atoms with van der Waals surface area (Å²) < 4.78 is 4.89. The zero-order valence-corrected chi connectivity index (χ0v) is 16.8. The lowest BCUT2D eigenvalue weighted by atomic mass is 9.86. The van der Waals surface area contributed by atoms with Crippen molar-refractivity contribution in [1.82, 2.24) is 10.2 Å². The molecule has 1 aromatic carbocycles. The highest BCUT2D eigenvalue weighted by molar-refractivity contribution is 5.97. The first-order chi connectivity index (χ1) is 14.0. The average molecular weight is 397 g/mol. The molecule has 2 aliphatic carbocycles. The van der Waals surface area contributed by atoms with Crippen LogP contribution in [-0.2, 0) is 9.53 Å². The molecule has 0 spiro atoms. The zero-order chi connectivity index (χ0) is 20.5. The Balaban J connectivity index is 1.30. The monoisotopic (exact) mass is 397 g/mol. The molecule has 2 bridgehead atoms. The van der Waals surface area contributed by atoms with Gasteiger partial charge in [0.15, 0.2) is 0 Å². The number of anilines is 1. The predicted molar refractivity (Wildman–Crippen MR) is 108 cm³/mol. The third-order valence-electron chi connectivity index (χ3n) is 6.34. The molecular weight excluding hydrogens is 370 g/mol. The van der Waals surface area contributed by atoms with Crippen molar-refractivity contribution in [2.75, 3.05) is 25.0 Å². The summed E-state index contributed by atoms with van der Waals surface area (Å²) in [5, 5.41) is 5.53. The van der Waals surface area contributed by atoms with Crippen molar-refractivity contribution in [3.8, 4) is 0 Å². The lowest BCUT2D eigenvalue weighted by molar-refractivity contribution is -0.144. The molecule has 7 heteroatoms. The van der Waals surface area contributed by atoms with Crippen LogP contribution in [0.2, 0.25) is 0 Å². The highest BCUT2D eigenvalue weighted by Crippen LogP contribution is 2.51. The summed E-state index contributed by atoms with van der Waals surface area (Å²) in [5.41, 5.74) is 1.06. The SMILES string of the molecule is CCOC(=O)C(C)NC(=O)c1ccc(NC(=O)N2C[C@@H]3C4C=CC(C4)[C@@H]3C2)cc1. The number of nitrogens with one attached hydrogen (secondary N) is 2. The van der Waals surface area contributed by atoms with Crippen molar-refractivity contribution in [1.29, 1.82) is 0 Å². The van der Waals surface area contributed by atoms with Gasteiger partial charge in [0.2, 0.25) is 0 Å². The smallest absolute Gasteiger partial charge is 0.328 e. The molecule has 2 N–H and O–H groups in total. The second-order valence-corrected chi connectivity index (χ2v) is 8.14. The first-order valence-corrected chi connectivity index (χ1v) is 10.3. The number of ether oxygens (including phenoxy) is 1. The second-order valence-electron chi connectivity index (χ2n) is 8.14. The van der Waals surface area contributed by atoms with Crippen LogP contribution in [0.4, 0.5) is 10.5 Å². The lowest BCUT2D eigenvalue weighted by Gasteiger charge is -2.19. The van der Waals surface area contributed by atoms with Crippen LogP contribution in [0.3, 0.4) is 0 Å². The molecule has 5 atom stereocenters. The standard InChI is InChI=1S/C22H27N3O4/c1-3-29-21(27)13(2)23-20(26)14-6-8-17(9-7-14)24-22(28)25-11-18-15-4-5-16(10-15)19(18)12-25/h4-9,13,15-16,18-19H,3,10-12H2,1-2H3,(H,23,26)(H,24,28)/t13?,15?,16?,18-,19+. The summed E-state index contributed by atoms with van der Waals surface area (Å²) in [5.74, 6) is 1.64. The third-order valence-corrected chi connectivity index (χ3v) is 6.34. The fourth-order valence-electron chi connectivity index (χ4n) is 4.83. The maximum atomic E-state index is 12.6. The average Bonchev–Trinajstić information content (AvgIpc) is 3.42. The van der Waals surface area contributed by atoms with Gasteiger partial charge in [0, 0.05) is 24.3 Å². The van der Waals surface area contributed by atoms with E-state index >= 15 is 0 Å². The number of fused-ring (bicyclic) bond motifs is 5. The quantitative estimate of drug-likeness (QED) is 0.591. The Bertz CT molecular complexity index is 815. The molecule has 1 aliphatic heterocycles. The Kier molecular flexibility index (Phi) is 5.30. The summed E-state index contributed by atoms with van der Waals surface area (Å²) in [4.78, 5) is 38.4. The molecule has 1 saturated carbocycles. The van der Waals surface area contributed by atoms with Crippen LogP contribution in [0, 0.1) is 23.7 Å². The Hall–Kier alpha value is -2.83. The van der Waals surface area contributed by atoms with Crippen molar-refractivity contribution in [3.63, 3.8) is 0 Å². The lowest BCUT2D eigenvalue weighted by Crippen LogP contribution is -2.39. The van der Waals surface area contributed by atoms with Crippen molar-refractivity contribution in [2.45, 2.75) is 26.3 Å². The molecule has 0 radical (unpaired) electrons. The minimum absolute atomic E-state index is 0.0908. The summed E-state index contributed by atoms with van der Waals surface area (Å²) in [7, 11) is 0. The number of allylic oxidation sites excluding steroid dienone is 2. The van der Waals surface area contributed by atoms with Crippen molar-refractivity contribution in [3.05, 3.63) is 42.0 Å². The van der Waals surface area contributed by atoms with Crippen LogP contribution in [-0.4, -0.2) is 48.5 Å². The first-order valence-electron chi connectivity index (χ1n) is 10.3. The van der Waals surface area contributed by atoms with Crippen molar-refractivity contribution < 1.29 is 19.1 Å². The van der Waals surface area contributed by atoms with E-state index in [0.29, 0.717) is 34.9 Å². The summed E-state index contributed by atoms with van der Waals surface area (Å²) >= 11 is 0. The highest BCUT2D eigenvalue weighted by atomic mass is 16.5. The topological polar surface area (TPSA) is 87.7 Å². The number of hydrogen-bond donors (Lipinski definition) is 2. The van der Waals surface area contributed by atoms with E-state index in [1.54, 1.807) is 38.1 Å². The number of benzene rings is 1. The summed E-state index contributed by atoms with van der Waals surface area (Å²) in [6.45, 7) is 5.19. The first kappa shape index (κ1) is 19.5. The number of hydrogen-bond acceptors (Lipinski definition) is 4. The van der Waals surface area contributed by atoms with Crippen molar-refractivity contribution >= 4 is 23.6 Å². The Morgan fingerprint density at radius 3 is 2.31 bits per heavy atom. The van der Waals surface area contributed by atoms with Crippen LogP contribution >= 0.6 is 0 Å². The van der Waals surface area contributed by atoms with Gasteiger partial charge in [-0.2, -0.15) is 0 Å². The number of carbonyl (C=O) groups is 3. The van der Waals surface area contributed by atoms with Crippen LogP contribution in [0.1, 0.15) is 30.6 Å².